The van der Waals surface area contributed by atoms with E-state index < -0.39 is 11.2 Å². The second-order valence-corrected chi connectivity index (χ2v) is 7.80. The van der Waals surface area contributed by atoms with Gasteiger partial charge >= 0.3 is 0 Å². The van der Waals surface area contributed by atoms with Gasteiger partial charge in [0.1, 0.15) is 5.41 Å². The number of nitrogens with two attached hydrogens (primary N) is 1. The number of nitrogen functional groups attached to an aromatic ring is 1. The maximum atomic E-state index is 13.3. The molecule has 4 fully saturated rings. The summed E-state index contributed by atoms with van der Waals surface area (Å²) in [4.78, 5) is 13.3. The third-order valence-electron chi connectivity index (χ3n) is 6.42. The van der Waals surface area contributed by atoms with Crippen LogP contribution in [0.2, 0.25) is 0 Å². The van der Waals surface area contributed by atoms with Crippen LogP contribution in [0.5, 0.6) is 0 Å². The highest BCUT2D eigenvalue weighted by Gasteiger charge is 2.69. The number of benzene rings is 1. The summed E-state index contributed by atoms with van der Waals surface area (Å²) in [5.41, 5.74) is 6.26. The van der Waals surface area contributed by atoms with Crippen molar-refractivity contribution >= 4 is 17.3 Å². The van der Waals surface area contributed by atoms with Gasteiger partial charge in [0.05, 0.1) is 11.4 Å². The molecule has 4 N–H and O–H groups in total. The van der Waals surface area contributed by atoms with Crippen molar-refractivity contribution in [3.8, 4) is 0 Å². The van der Waals surface area contributed by atoms with Crippen molar-refractivity contribution in [3.63, 3.8) is 0 Å². The van der Waals surface area contributed by atoms with Crippen molar-refractivity contribution in [2.45, 2.75) is 44.8 Å². The Morgan fingerprint density at radius 1 is 1.29 bits per heavy atom. The molecule has 0 aliphatic heterocycles. The Hall–Kier alpha value is -1.59. The van der Waals surface area contributed by atoms with Crippen molar-refractivity contribution in [2.75, 3.05) is 17.7 Å². The van der Waals surface area contributed by atoms with Crippen LogP contribution < -0.4 is 11.1 Å². The SMILES string of the molecule is CCOC1(O)C2CC3CC(C2)CC1(C(=O)Nc1ccccc1N)C3. The largest absolute Gasteiger partial charge is 0.397 e. The van der Waals surface area contributed by atoms with Gasteiger partial charge in [0.15, 0.2) is 5.79 Å². The number of aliphatic hydroxyl groups is 1. The minimum absolute atomic E-state index is 0.0579. The third-order valence-corrected chi connectivity index (χ3v) is 6.42. The lowest BCUT2D eigenvalue weighted by molar-refractivity contribution is -0.342. The monoisotopic (exact) mass is 330 g/mol. The van der Waals surface area contributed by atoms with Gasteiger partial charge in [-0.05, 0) is 63.0 Å². The number of ether oxygens (including phenoxy) is 1. The molecule has 4 bridgehead atoms. The minimum atomic E-state index is -1.36. The Bertz CT molecular complexity index is 648. The molecule has 1 amide bonds. The Morgan fingerprint density at radius 2 is 1.96 bits per heavy atom. The molecule has 5 heteroatoms. The second kappa shape index (κ2) is 5.46. The van der Waals surface area contributed by atoms with Gasteiger partial charge in [-0.25, -0.2) is 0 Å². The summed E-state index contributed by atoms with van der Waals surface area (Å²) in [6, 6.07) is 7.25. The van der Waals surface area contributed by atoms with Crippen molar-refractivity contribution in [3.05, 3.63) is 24.3 Å². The number of anilines is 2. The summed E-state index contributed by atoms with van der Waals surface area (Å²) in [6.45, 7) is 2.29. The normalized spacial score (nSPS) is 39.8. The molecule has 3 unspecified atom stereocenters. The zero-order valence-electron chi connectivity index (χ0n) is 14.1. The zero-order valence-corrected chi connectivity index (χ0v) is 14.1. The first-order valence-corrected chi connectivity index (χ1v) is 9.01. The Labute approximate surface area is 142 Å². The first-order chi connectivity index (χ1) is 11.5. The van der Waals surface area contributed by atoms with E-state index in [2.05, 4.69) is 5.32 Å². The molecule has 0 spiro atoms. The summed E-state index contributed by atoms with van der Waals surface area (Å²) in [5, 5.41) is 14.4. The smallest absolute Gasteiger partial charge is 0.236 e. The van der Waals surface area contributed by atoms with E-state index in [-0.39, 0.29) is 11.8 Å². The molecule has 5 nitrogen and oxygen atoms in total. The second-order valence-electron chi connectivity index (χ2n) is 7.80. The lowest BCUT2D eigenvalue weighted by atomic mass is 9.46. The van der Waals surface area contributed by atoms with E-state index in [0.717, 1.165) is 12.8 Å². The number of para-hydroxylation sites is 2. The van der Waals surface area contributed by atoms with Gasteiger partial charge < -0.3 is 20.9 Å². The van der Waals surface area contributed by atoms with E-state index >= 15 is 0 Å². The van der Waals surface area contributed by atoms with Gasteiger partial charge in [0, 0.05) is 12.5 Å². The number of hydrogen-bond donors (Lipinski definition) is 3. The molecule has 0 heterocycles. The first kappa shape index (κ1) is 15.9. The highest BCUT2D eigenvalue weighted by atomic mass is 16.6. The zero-order chi connectivity index (χ0) is 16.9. The van der Waals surface area contributed by atoms with Gasteiger partial charge in [-0.1, -0.05) is 12.1 Å². The Morgan fingerprint density at radius 3 is 2.58 bits per heavy atom. The van der Waals surface area contributed by atoms with Crippen LogP contribution in [0, 0.1) is 23.2 Å². The van der Waals surface area contributed by atoms with E-state index in [9.17, 15) is 9.90 Å². The number of amides is 1. The minimum Gasteiger partial charge on any atom is -0.397 e. The van der Waals surface area contributed by atoms with E-state index in [0.29, 0.717) is 42.7 Å². The fourth-order valence-electron chi connectivity index (χ4n) is 5.65. The molecule has 4 aliphatic carbocycles. The number of carbonyl (C=O) groups is 1. The molecular weight excluding hydrogens is 304 g/mol. The van der Waals surface area contributed by atoms with Crippen molar-refractivity contribution in [1.29, 1.82) is 0 Å². The molecular formula is C19H26N2O3. The molecule has 3 atom stereocenters. The van der Waals surface area contributed by atoms with Crippen LogP contribution in [0.25, 0.3) is 0 Å². The molecule has 0 saturated heterocycles. The van der Waals surface area contributed by atoms with Gasteiger partial charge in [-0.2, -0.15) is 0 Å². The van der Waals surface area contributed by atoms with E-state index in [4.69, 9.17) is 10.5 Å². The standard InChI is InChI=1S/C19H26N2O3/c1-2-24-19(23)14-8-12-7-13(9-14)11-18(19,10-12)17(22)21-16-6-4-3-5-15(16)20/h3-6,12-14,23H,2,7-11,20H2,1H3,(H,21,22). The number of nitrogens with one attached hydrogen (secondary N) is 1. The predicted molar refractivity (Wildman–Crippen MR) is 92.0 cm³/mol. The van der Waals surface area contributed by atoms with Crippen LogP contribution in [0.1, 0.15) is 39.0 Å². The lowest BCUT2D eigenvalue weighted by Gasteiger charge is -2.63. The summed E-state index contributed by atoms with van der Waals surface area (Å²) in [5.74, 6) is -0.412. The van der Waals surface area contributed by atoms with E-state index in [1.807, 2.05) is 19.1 Å². The topological polar surface area (TPSA) is 84.6 Å². The molecule has 4 saturated carbocycles. The number of carbonyl (C=O) groups excluding carboxylic acids is 1. The molecule has 130 valence electrons. The van der Waals surface area contributed by atoms with E-state index in [1.165, 1.54) is 6.42 Å². The number of hydrogen-bond acceptors (Lipinski definition) is 4. The summed E-state index contributed by atoms with van der Waals surface area (Å²) in [7, 11) is 0. The molecule has 0 radical (unpaired) electrons. The average Bonchev–Trinajstić information content (AvgIpc) is 2.54. The van der Waals surface area contributed by atoms with E-state index in [1.54, 1.807) is 12.1 Å². The van der Waals surface area contributed by atoms with Gasteiger partial charge in [0.2, 0.25) is 5.91 Å². The molecule has 24 heavy (non-hydrogen) atoms. The van der Waals surface area contributed by atoms with Crippen LogP contribution in [-0.4, -0.2) is 23.4 Å². The Kier molecular flexibility index (Phi) is 3.62. The van der Waals surface area contributed by atoms with Gasteiger partial charge in [-0.15, -0.1) is 0 Å². The average molecular weight is 330 g/mol. The van der Waals surface area contributed by atoms with Crippen LogP contribution in [-0.2, 0) is 9.53 Å². The van der Waals surface area contributed by atoms with Gasteiger partial charge in [0.25, 0.3) is 0 Å². The van der Waals surface area contributed by atoms with Crippen LogP contribution >= 0.6 is 0 Å². The lowest BCUT2D eigenvalue weighted by Crippen LogP contribution is -2.69. The highest BCUT2D eigenvalue weighted by molar-refractivity contribution is 5.98. The maximum absolute atomic E-state index is 13.3. The van der Waals surface area contributed by atoms with Gasteiger partial charge in [-0.3, -0.25) is 4.79 Å². The molecule has 1 aromatic carbocycles. The van der Waals surface area contributed by atoms with Crippen molar-refractivity contribution in [2.24, 2.45) is 23.2 Å². The first-order valence-electron chi connectivity index (χ1n) is 9.01. The quantitative estimate of drug-likeness (QED) is 0.585. The summed E-state index contributed by atoms with van der Waals surface area (Å²) >= 11 is 0. The molecule has 0 aromatic heterocycles. The van der Waals surface area contributed by atoms with Crippen molar-refractivity contribution in [1.82, 2.24) is 0 Å². The molecule has 4 aliphatic rings. The fraction of sp³-hybridized carbons (Fsp3) is 0.632. The highest BCUT2D eigenvalue weighted by Crippen LogP contribution is 2.65. The predicted octanol–water partition coefficient (Wildman–Crippen LogP) is 2.76. The maximum Gasteiger partial charge on any atom is 0.236 e. The fourth-order valence-corrected chi connectivity index (χ4v) is 5.65. The molecule has 5 rings (SSSR count). The summed E-state index contributed by atoms with van der Waals surface area (Å²) < 4.78 is 5.86. The van der Waals surface area contributed by atoms with Crippen LogP contribution in [0.4, 0.5) is 11.4 Å². The van der Waals surface area contributed by atoms with Crippen LogP contribution in [0.15, 0.2) is 24.3 Å². The molecule has 1 aromatic rings. The summed E-state index contributed by atoms with van der Waals surface area (Å²) in [6.07, 6.45) is 4.52. The van der Waals surface area contributed by atoms with Crippen LogP contribution in [0.3, 0.4) is 0 Å². The number of rotatable bonds is 4. The van der Waals surface area contributed by atoms with Crippen molar-refractivity contribution < 1.29 is 14.6 Å². The Balaban J connectivity index is 1.70. The third kappa shape index (κ3) is 2.11.